The molecule has 3 rings (SSSR count). The Morgan fingerprint density at radius 1 is 1.50 bits per heavy atom. The molecule has 0 fully saturated rings. The number of anilines is 1. The smallest absolute Gasteiger partial charge is 0.0508 e. The summed E-state index contributed by atoms with van der Waals surface area (Å²) in [5.74, 6) is 0. The number of aromatic amines is 1. The van der Waals surface area contributed by atoms with E-state index < -0.39 is 0 Å². The first-order chi connectivity index (χ1) is 7.81. The van der Waals surface area contributed by atoms with Gasteiger partial charge in [-0.05, 0) is 37.1 Å². The Morgan fingerprint density at radius 2 is 2.38 bits per heavy atom. The van der Waals surface area contributed by atoms with Crippen molar-refractivity contribution in [1.29, 1.82) is 0 Å². The third kappa shape index (κ3) is 1.25. The van der Waals surface area contributed by atoms with Crippen LogP contribution in [0.3, 0.4) is 0 Å². The van der Waals surface area contributed by atoms with Crippen LogP contribution in [0.5, 0.6) is 0 Å². The predicted octanol–water partition coefficient (Wildman–Crippen LogP) is 1.66. The van der Waals surface area contributed by atoms with E-state index >= 15 is 0 Å². The normalized spacial score (nSPS) is 14.8. The van der Waals surface area contributed by atoms with Crippen LogP contribution in [0.25, 0.3) is 10.9 Å². The molecular weight excluding hydrogens is 198 g/mol. The van der Waals surface area contributed by atoms with Gasteiger partial charge in [0.1, 0.15) is 0 Å². The summed E-state index contributed by atoms with van der Waals surface area (Å²) < 4.78 is 0. The van der Waals surface area contributed by atoms with Crippen molar-refractivity contribution in [3.63, 3.8) is 0 Å². The Hall–Kier alpha value is -1.48. The van der Waals surface area contributed by atoms with E-state index in [2.05, 4.69) is 29.1 Å². The van der Waals surface area contributed by atoms with E-state index in [-0.39, 0.29) is 0 Å². The molecule has 1 aliphatic heterocycles. The van der Waals surface area contributed by atoms with Crippen LogP contribution in [0.15, 0.2) is 18.3 Å². The van der Waals surface area contributed by atoms with Gasteiger partial charge < -0.3 is 15.6 Å². The number of fused-ring (bicyclic) bond motifs is 3. The third-order valence-electron chi connectivity index (χ3n) is 3.49. The number of nitrogens with one attached hydrogen (secondary N) is 1. The third-order valence-corrected chi connectivity index (χ3v) is 3.49. The van der Waals surface area contributed by atoms with Crippen molar-refractivity contribution in [2.75, 3.05) is 25.0 Å². The maximum absolute atomic E-state index is 5.69. The summed E-state index contributed by atoms with van der Waals surface area (Å²) in [4.78, 5) is 5.70. The van der Waals surface area contributed by atoms with E-state index in [1.54, 1.807) is 0 Å². The summed E-state index contributed by atoms with van der Waals surface area (Å²) >= 11 is 0. The Balaban J connectivity index is 2.29. The first-order valence-electron chi connectivity index (χ1n) is 5.84. The first kappa shape index (κ1) is 9.73. The summed E-state index contributed by atoms with van der Waals surface area (Å²) in [7, 11) is 2.17. The standard InChI is InChI=1S/C13H17N3/c1-16-7-4-11-12-9(3-6-15-12)8-10(2-5-14)13(11)16/h3,6,8,15H,2,4-5,7,14H2,1H3. The largest absolute Gasteiger partial charge is 0.374 e. The van der Waals surface area contributed by atoms with Gasteiger partial charge in [-0.15, -0.1) is 0 Å². The van der Waals surface area contributed by atoms with Crippen LogP contribution in [-0.2, 0) is 12.8 Å². The monoisotopic (exact) mass is 215 g/mol. The molecule has 1 aromatic carbocycles. The quantitative estimate of drug-likeness (QED) is 0.800. The number of hydrogen-bond donors (Lipinski definition) is 2. The van der Waals surface area contributed by atoms with Crippen LogP contribution in [-0.4, -0.2) is 25.1 Å². The van der Waals surface area contributed by atoms with Crippen LogP contribution in [0.2, 0.25) is 0 Å². The molecule has 0 bridgehead atoms. The number of benzene rings is 1. The lowest BCUT2D eigenvalue weighted by Crippen LogP contribution is -2.15. The molecule has 2 aromatic rings. The molecule has 0 atom stereocenters. The minimum Gasteiger partial charge on any atom is -0.374 e. The molecule has 2 heterocycles. The molecule has 0 unspecified atom stereocenters. The Kier molecular flexibility index (Phi) is 2.14. The Labute approximate surface area is 95.2 Å². The second-order valence-electron chi connectivity index (χ2n) is 4.51. The summed E-state index contributed by atoms with van der Waals surface area (Å²) in [5, 5.41) is 1.32. The Morgan fingerprint density at radius 3 is 3.19 bits per heavy atom. The summed E-state index contributed by atoms with van der Waals surface area (Å²) in [5.41, 5.74) is 11.3. The van der Waals surface area contributed by atoms with Crippen molar-refractivity contribution in [3.05, 3.63) is 29.5 Å². The van der Waals surface area contributed by atoms with Crippen molar-refractivity contribution in [2.24, 2.45) is 5.73 Å². The van der Waals surface area contributed by atoms with Crippen LogP contribution < -0.4 is 10.6 Å². The highest BCUT2D eigenvalue weighted by molar-refractivity contribution is 5.90. The van der Waals surface area contributed by atoms with Gasteiger partial charge in [-0.25, -0.2) is 0 Å². The van der Waals surface area contributed by atoms with Crippen molar-refractivity contribution >= 4 is 16.6 Å². The SMILES string of the molecule is CN1CCc2c1c(CCN)cc1cc[nH]c21. The lowest BCUT2D eigenvalue weighted by molar-refractivity contribution is 0.932. The number of H-pyrrole nitrogens is 1. The van der Waals surface area contributed by atoms with Gasteiger partial charge in [0.2, 0.25) is 0 Å². The van der Waals surface area contributed by atoms with Gasteiger partial charge in [0.05, 0.1) is 5.52 Å². The number of nitrogens with zero attached hydrogens (tertiary/aromatic N) is 1. The van der Waals surface area contributed by atoms with E-state index in [1.165, 1.54) is 27.7 Å². The van der Waals surface area contributed by atoms with Gasteiger partial charge in [0, 0.05) is 36.4 Å². The molecule has 1 aliphatic rings. The Bertz CT molecular complexity index is 527. The summed E-state index contributed by atoms with van der Waals surface area (Å²) in [6, 6.07) is 4.42. The number of rotatable bonds is 2. The molecule has 0 saturated heterocycles. The van der Waals surface area contributed by atoms with Crippen LogP contribution in [0, 0.1) is 0 Å². The van der Waals surface area contributed by atoms with E-state index in [0.29, 0.717) is 0 Å². The van der Waals surface area contributed by atoms with E-state index in [9.17, 15) is 0 Å². The highest BCUT2D eigenvalue weighted by Gasteiger charge is 2.22. The summed E-state index contributed by atoms with van der Waals surface area (Å²) in [6.45, 7) is 1.83. The van der Waals surface area contributed by atoms with Crippen molar-refractivity contribution in [2.45, 2.75) is 12.8 Å². The van der Waals surface area contributed by atoms with E-state index in [4.69, 9.17) is 5.73 Å². The maximum atomic E-state index is 5.69. The molecule has 3 N–H and O–H groups in total. The van der Waals surface area contributed by atoms with Gasteiger partial charge in [-0.2, -0.15) is 0 Å². The van der Waals surface area contributed by atoms with Crippen LogP contribution >= 0.6 is 0 Å². The fraction of sp³-hybridized carbons (Fsp3) is 0.385. The zero-order valence-corrected chi connectivity index (χ0v) is 9.59. The molecule has 0 radical (unpaired) electrons. The second kappa shape index (κ2) is 3.52. The molecule has 0 saturated carbocycles. The molecule has 0 amide bonds. The predicted molar refractivity (Wildman–Crippen MR) is 68.0 cm³/mol. The fourth-order valence-electron chi connectivity index (χ4n) is 2.79. The first-order valence-corrected chi connectivity index (χ1v) is 5.84. The fourth-order valence-corrected chi connectivity index (χ4v) is 2.79. The minimum absolute atomic E-state index is 0.718. The number of likely N-dealkylation sites (N-methyl/N-ethyl adjacent to an activating group) is 1. The van der Waals surface area contributed by atoms with Gasteiger partial charge in [0.15, 0.2) is 0 Å². The van der Waals surface area contributed by atoms with E-state index in [1.807, 2.05) is 6.20 Å². The molecule has 3 nitrogen and oxygen atoms in total. The molecule has 3 heteroatoms. The zero-order valence-electron chi connectivity index (χ0n) is 9.59. The second-order valence-corrected chi connectivity index (χ2v) is 4.51. The van der Waals surface area contributed by atoms with Gasteiger partial charge in [0.25, 0.3) is 0 Å². The highest BCUT2D eigenvalue weighted by Crippen LogP contribution is 2.36. The lowest BCUT2D eigenvalue weighted by atomic mass is 10.0. The van der Waals surface area contributed by atoms with Gasteiger partial charge in [-0.3, -0.25) is 0 Å². The molecule has 0 spiro atoms. The van der Waals surface area contributed by atoms with Crippen LogP contribution in [0.4, 0.5) is 5.69 Å². The highest BCUT2D eigenvalue weighted by atomic mass is 15.1. The lowest BCUT2D eigenvalue weighted by Gasteiger charge is -2.17. The maximum Gasteiger partial charge on any atom is 0.0508 e. The molecule has 84 valence electrons. The average molecular weight is 215 g/mol. The van der Waals surface area contributed by atoms with Gasteiger partial charge in [-0.1, -0.05) is 0 Å². The summed E-state index contributed by atoms with van der Waals surface area (Å²) in [6.07, 6.45) is 4.13. The van der Waals surface area contributed by atoms with Gasteiger partial charge >= 0.3 is 0 Å². The number of nitrogens with two attached hydrogens (primary N) is 1. The minimum atomic E-state index is 0.718. The molecular formula is C13H17N3. The average Bonchev–Trinajstić information content (AvgIpc) is 2.85. The molecule has 0 aliphatic carbocycles. The zero-order chi connectivity index (χ0) is 11.1. The van der Waals surface area contributed by atoms with E-state index in [0.717, 1.165) is 25.9 Å². The topological polar surface area (TPSA) is 45.0 Å². The number of hydrogen-bond acceptors (Lipinski definition) is 2. The number of aromatic nitrogens is 1. The van der Waals surface area contributed by atoms with Crippen LogP contribution in [0.1, 0.15) is 11.1 Å². The van der Waals surface area contributed by atoms with Crippen molar-refractivity contribution in [1.82, 2.24) is 4.98 Å². The molecule has 16 heavy (non-hydrogen) atoms. The van der Waals surface area contributed by atoms with Crippen molar-refractivity contribution in [3.8, 4) is 0 Å². The van der Waals surface area contributed by atoms with Crippen molar-refractivity contribution < 1.29 is 0 Å². The molecule has 1 aromatic heterocycles.